The molecule has 1 heterocycles. The summed E-state index contributed by atoms with van der Waals surface area (Å²) in [6.45, 7) is 4.83. The van der Waals surface area contributed by atoms with Crippen LogP contribution in [0.15, 0.2) is 17.2 Å². The first-order valence-electron chi connectivity index (χ1n) is 7.90. The van der Waals surface area contributed by atoms with E-state index in [0.29, 0.717) is 5.56 Å². The van der Waals surface area contributed by atoms with Crippen LogP contribution in [0.25, 0.3) is 0 Å². The summed E-state index contributed by atoms with van der Waals surface area (Å²) >= 11 is 6.29. The molecule has 0 saturated carbocycles. The number of sulfone groups is 1. The normalized spacial score (nSPS) is 11.3. The van der Waals surface area contributed by atoms with Gasteiger partial charge in [0.05, 0.1) is 22.7 Å². The van der Waals surface area contributed by atoms with E-state index in [9.17, 15) is 18.0 Å². The van der Waals surface area contributed by atoms with Gasteiger partial charge in [0.15, 0.2) is 9.84 Å². The van der Waals surface area contributed by atoms with Crippen molar-refractivity contribution >= 4 is 33.4 Å². The smallest absolute Gasteiger partial charge is 0.434 e. The van der Waals surface area contributed by atoms with Crippen LogP contribution in [-0.2, 0) is 21.6 Å². The minimum Gasteiger partial charge on any atom is -0.434 e. The van der Waals surface area contributed by atoms with Crippen LogP contribution in [0.1, 0.15) is 34.0 Å². The molecular weight excluding hydrogens is 396 g/mol. The monoisotopic (exact) mass is 414 g/mol. The molecule has 0 fully saturated rings. The lowest BCUT2D eigenvalue weighted by molar-refractivity contribution is 0.0981. The SMILES string of the molecule is CCOC(=O)Oc1c(C(=O)c2cc(C)c(S(C)(=O)=O)c(C)c2Cl)cnn1C. The maximum atomic E-state index is 13.0. The van der Waals surface area contributed by atoms with Gasteiger partial charge >= 0.3 is 6.16 Å². The third-order valence-electron chi connectivity index (χ3n) is 3.81. The Morgan fingerprint density at radius 1 is 1.26 bits per heavy atom. The molecule has 0 unspecified atom stereocenters. The van der Waals surface area contributed by atoms with Gasteiger partial charge in [0, 0.05) is 18.9 Å². The third-order valence-corrected chi connectivity index (χ3v) is 5.67. The van der Waals surface area contributed by atoms with E-state index in [4.69, 9.17) is 21.1 Å². The minimum atomic E-state index is -3.52. The standard InChI is InChI=1S/C17H19ClN2O6S/c1-6-25-17(22)26-16-12(8-19-20(16)4)14(21)11-7-9(2)15(27(5,23)24)10(3)13(11)18/h7-8H,6H2,1-5H3. The number of benzene rings is 1. The van der Waals surface area contributed by atoms with Crippen molar-refractivity contribution in [2.45, 2.75) is 25.7 Å². The van der Waals surface area contributed by atoms with Crippen LogP contribution in [0.4, 0.5) is 4.79 Å². The Kier molecular flexibility index (Phi) is 5.96. The molecular formula is C17H19ClN2O6S. The number of carbonyl (C=O) groups is 2. The van der Waals surface area contributed by atoms with Crippen LogP contribution in [0, 0.1) is 13.8 Å². The Bertz CT molecular complexity index is 1030. The van der Waals surface area contributed by atoms with Crippen molar-refractivity contribution in [2.24, 2.45) is 7.05 Å². The molecule has 0 atom stereocenters. The van der Waals surface area contributed by atoms with E-state index in [1.165, 1.54) is 30.9 Å². The third kappa shape index (κ3) is 4.14. The molecule has 27 heavy (non-hydrogen) atoms. The number of ether oxygens (including phenoxy) is 2. The van der Waals surface area contributed by atoms with Crippen molar-refractivity contribution < 1.29 is 27.5 Å². The first-order chi connectivity index (χ1) is 12.5. The second kappa shape index (κ2) is 7.69. The molecule has 0 N–H and O–H groups in total. The Balaban J connectivity index is 2.56. The molecule has 1 aromatic carbocycles. The van der Waals surface area contributed by atoms with Gasteiger partial charge < -0.3 is 9.47 Å². The lowest BCUT2D eigenvalue weighted by Gasteiger charge is -2.14. The van der Waals surface area contributed by atoms with Gasteiger partial charge in [-0.05, 0) is 38.0 Å². The zero-order chi connectivity index (χ0) is 20.5. The van der Waals surface area contributed by atoms with E-state index in [2.05, 4.69) is 5.10 Å². The first kappa shape index (κ1) is 20.9. The minimum absolute atomic E-state index is 0.00152. The number of hydrogen-bond acceptors (Lipinski definition) is 7. The number of aromatic nitrogens is 2. The van der Waals surface area contributed by atoms with E-state index in [-0.39, 0.29) is 39.1 Å². The predicted octanol–water partition coefficient (Wildman–Crippen LogP) is 2.86. The molecule has 8 nitrogen and oxygen atoms in total. The highest BCUT2D eigenvalue weighted by Gasteiger charge is 2.27. The van der Waals surface area contributed by atoms with Gasteiger partial charge in [-0.3, -0.25) is 4.79 Å². The van der Waals surface area contributed by atoms with E-state index >= 15 is 0 Å². The fourth-order valence-corrected chi connectivity index (χ4v) is 4.35. The molecule has 0 aliphatic carbocycles. The number of nitrogens with zero attached hydrogens (tertiary/aromatic N) is 2. The average Bonchev–Trinajstić information content (AvgIpc) is 2.90. The summed E-state index contributed by atoms with van der Waals surface area (Å²) in [5.41, 5.74) is 0.748. The number of aryl methyl sites for hydroxylation is 2. The second-order valence-electron chi connectivity index (χ2n) is 5.88. The lowest BCUT2D eigenvalue weighted by Crippen LogP contribution is -2.15. The van der Waals surface area contributed by atoms with Crippen molar-refractivity contribution in [2.75, 3.05) is 12.9 Å². The topological polar surface area (TPSA) is 105 Å². The van der Waals surface area contributed by atoms with E-state index in [0.717, 1.165) is 6.26 Å². The van der Waals surface area contributed by atoms with Crippen LogP contribution in [0.5, 0.6) is 5.88 Å². The molecule has 0 spiro atoms. The van der Waals surface area contributed by atoms with Gasteiger partial charge in [0.25, 0.3) is 0 Å². The lowest BCUT2D eigenvalue weighted by atomic mass is 10.0. The second-order valence-corrected chi connectivity index (χ2v) is 8.21. The van der Waals surface area contributed by atoms with E-state index in [1.54, 1.807) is 13.8 Å². The highest BCUT2D eigenvalue weighted by molar-refractivity contribution is 7.90. The molecule has 0 aliphatic heterocycles. The summed E-state index contributed by atoms with van der Waals surface area (Å²) in [4.78, 5) is 24.7. The number of rotatable bonds is 5. The highest BCUT2D eigenvalue weighted by Crippen LogP contribution is 2.33. The van der Waals surface area contributed by atoms with Gasteiger partial charge in [0.1, 0.15) is 5.56 Å². The Labute approximate surface area is 161 Å². The number of ketones is 1. The van der Waals surface area contributed by atoms with Crippen LogP contribution < -0.4 is 4.74 Å². The van der Waals surface area contributed by atoms with Crippen molar-refractivity contribution in [3.63, 3.8) is 0 Å². The first-order valence-corrected chi connectivity index (χ1v) is 10.2. The van der Waals surface area contributed by atoms with Crippen LogP contribution in [0.2, 0.25) is 5.02 Å². The number of carbonyl (C=O) groups excluding carboxylic acids is 2. The summed E-state index contributed by atoms with van der Waals surface area (Å²) in [6, 6.07) is 1.40. The predicted molar refractivity (Wildman–Crippen MR) is 98.3 cm³/mol. The number of halogens is 1. The van der Waals surface area contributed by atoms with Gasteiger partial charge in [-0.1, -0.05) is 11.6 Å². The quantitative estimate of drug-likeness (QED) is 0.547. The van der Waals surface area contributed by atoms with Crippen molar-refractivity contribution in [3.8, 4) is 5.88 Å². The largest absolute Gasteiger partial charge is 0.515 e. The zero-order valence-corrected chi connectivity index (χ0v) is 17.1. The zero-order valence-electron chi connectivity index (χ0n) is 15.5. The summed E-state index contributed by atoms with van der Waals surface area (Å²) in [7, 11) is -2.02. The fraction of sp³-hybridized carbons (Fsp3) is 0.353. The Hall–Kier alpha value is -2.39. The summed E-state index contributed by atoms with van der Waals surface area (Å²) < 4.78 is 35.0. The molecule has 2 rings (SSSR count). The maximum absolute atomic E-state index is 13.0. The Morgan fingerprint density at radius 2 is 1.89 bits per heavy atom. The molecule has 0 radical (unpaired) electrons. The number of hydrogen-bond donors (Lipinski definition) is 0. The van der Waals surface area contributed by atoms with Gasteiger partial charge in [-0.25, -0.2) is 17.9 Å². The molecule has 0 bridgehead atoms. The molecule has 2 aromatic rings. The van der Waals surface area contributed by atoms with Crippen molar-refractivity contribution in [1.29, 1.82) is 0 Å². The van der Waals surface area contributed by atoms with Crippen molar-refractivity contribution in [1.82, 2.24) is 9.78 Å². The van der Waals surface area contributed by atoms with Gasteiger partial charge in [-0.2, -0.15) is 5.10 Å². The highest BCUT2D eigenvalue weighted by atomic mass is 35.5. The maximum Gasteiger partial charge on any atom is 0.515 e. The molecule has 0 saturated heterocycles. The van der Waals surface area contributed by atoms with E-state index in [1.807, 2.05) is 0 Å². The summed E-state index contributed by atoms with van der Waals surface area (Å²) in [5.74, 6) is -0.657. The van der Waals surface area contributed by atoms with Crippen LogP contribution in [0.3, 0.4) is 0 Å². The van der Waals surface area contributed by atoms with E-state index < -0.39 is 21.8 Å². The molecule has 0 amide bonds. The average molecular weight is 415 g/mol. The van der Waals surface area contributed by atoms with Crippen LogP contribution >= 0.6 is 11.6 Å². The molecule has 146 valence electrons. The molecule has 10 heteroatoms. The van der Waals surface area contributed by atoms with Crippen molar-refractivity contribution in [3.05, 3.63) is 39.5 Å². The van der Waals surface area contributed by atoms with Gasteiger partial charge in [-0.15, -0.1) is 0 Å². The summed E-state index contributed by atoms with van der Waals surface area (Å²) in [5, 5.41) is 3.94. The fourth-order valence-electron chi connectivity index (χ4n) is 2.75. The van der Waals surface area contributed by atoms with Gasteiger partial charge in [0.2, 0.25) is 11.7 Å². The molecule has 1 aromatic heterocycles. The molecule has 0 aliphatic rings. The Morgan fingerprint density at radius 3 is 2.44 bits per heavy atom. The van der Waals surface area contributed by atoms with Crippen LogP contribution in [-0.4, -0.2) is 43.0 Å². The summed E-state index contributed by atoms with van der Waals surface area (Å²) in [6.07, 6.45) is 1.34.